The van der Waals surface area contributed by atoms with Crippen molar-refractivity contribution in [2.24, 2.45) is 0 Å². The van der Waals surface area contributed by atoms with E-state index in [0.29, 0.717) is 12.2 Å². The van der Waals surface area contributed by atoms with Crippen LogP contribution in [0.3, 0.4) is 0 Å². The van der Waals surface area contributed by atoms with Crippen LogP contribution < -0.4 is 10.1 Å². The molecular weight excluding hydrogens is 496 g/mol. The molecule has 0 radical (unpaired) electrons. The molecule has 0 atom stereocenters. The van der Waals surface area contributed by atoms with Gasteiger partial charge in [-0.25, -0.2) is 0 Å². The van der Waals surface area contributed by atoms with Crippen LogP contribution in [0.4, 0.5) is 0 Å². The quantitative estimate of drug-likeness (QED) is 0.619. The van der Waals surface area contributed by atoms with Crippen molar-refractivity contribution in [2.45, 2.75) is 6.42 Å². The fourth-order valence-corrected chi connectivity index (χ4v) is 3.84. The van der Waals surface area contributed by atoms with Crippen LogP contribution in [0.1, 0.15) is 5.56 Å². The predicted molar refractivity (Wildman–Crippen MR) is 97.8 cm³/mol. The monoisotopic (exact) mass is 509 g/mol. The summed E-state index contributed by atoms with van der Waals surface area (Å²) in [6.07, 6.45) is 0.349. The molecule has 0 bridgehead atoms. The van der Waals surface area contributed by atoms with E-state index in [0.717, 1.165) is 18.5 Å². The molecule has 4 nitrogen and oxygen atoms in total. The van der Waals surface area contributed by atoms with Gasteiger partial charge < -0.3 is 15.2 Å². The molecule has 2 aromatic rings. The number of carbonyl (C=O) groups excluding carboxylic acids is 1. The van der Waals surface area contributed by atoms with Crippen LogP contribution in [-0.4, -0.2) is 18.1 Å². The number of nitrogens with one attached hydrogen (secondary N) is 1. The highest BCUT2D eigenvalue weighted by atomic mass is 127. The Morgan fingerprint density at radius 1 is 1.19 bits per heavy atom. The van der Waals surface area contributed by atoms with Gasteiger partial charge >= 0.3 is 0 Å². The zero-order chi connectivity index (χ0) is 15.4. The standard InChI is InChI=1S/C15H13I2NO3/c1-18-14(20)8-9-6-12(16)15(13(17)7-9)21-11-4-2-10(19)3-5-11/h2-7,19H,8H2,1H3,(H,18,20). The van der Waals surface area contributed by atoms with E-state index in [1.54, 1.807) is 31.3 Å². The lowest BCUT2D eigenvalue weighted by Gasteiger charge is -2.12. The van der Waals surface area contributed by atoms with Crippen LogP contribution in [0.25, 0.3) is 0 Å². The molecule has 0 aliphatic carbocycles. The maximum absolute atomic E-state index is 11.4. The van der Waals surface area contributed by atoms with Gasteiger partial charge in [-0.05, 0) is 87.1 Å². The number of aromatic hydroxyl groups is 1. The van der Waals surface area contributed by atoms with Crippen molar-refractivity contribution in [2.75, 3.05) is 7.05 Å². The Labute approximate surface area is 150 Å². The molecule has 0 fully saturated rings. The molecule has 0 saturated heterocycles. The highest BCUT2D eigenvalue weighted by Gasteiger charge is 2.12. The van der Waals surface area contributed by atoms with Crippen LogP contribution in [0.15, 0.2) is 36.4 Å². The van der Waals surface area contributed by atoms with Gasteiger partial charge in [0.05, 0.1) is 13.6 Å². The molecule has 0 saturated carbocycles. The summed E-state index contributed by atoms with van der Waals surface area (Å²) in [4.78, 5) is 11.4. The summed E-state index contributed by atoms with van der Waals surface area (Å²) in [5.74, 6) is 1.59. The first-order valence-corrected chi connectivity index (χ1v) is 8.30. The normalized spacial score (nSPS) is 10.2. The minimum Gasteiger partial charge on any atom is -0.508 e. The molecule has 0 aromatic heterocycles. The van der Waals surface area contributed by atoms with Gasteiger partial charge in [-0.2, -0.15) is 0 Å². The summed E-state index contributed by atoms with van der Waals surface area (Å²) >= 11 is 4.39. The number of hydrogen-bond donors (Lipinski definition) is 2. The van der Waals surface area contributed by atoms with Crippen molar-refractivity contribution in [3.05, 3.63) is 49.1 Å². The number of amides is 1. The fourth-order valence-electron chi connectivity index (χ4n) is 1.72. The van der Waals surface area contributed by atoms with Crippen LogP contribution in [0, 0.1) is 7.14 Å². The highest BCUT2D eigenvalue weighted by molar-refractivity contribution is 14.1. The molecule has 21 heavy (non-hydrogen) atoms. The molecule has 2 aromatic carbocycles. The number of phenolic OH excluding ortho intramolecular Hbond substituents is 1. The molecular formula is C15H13I2NO3. The lowest BCUT2D eigenvalue weighted by atomic mass is 10.1. The number of benzene rings is 2. The number of rotatable bonds is 4. The Bertz CT molecular complexity index is 633. The van der Waals surface area contributed by atoms with E-state index >= 15 is 0 Å². The maximum atomic E-state index is 11.4. The molecule has 0 unspecified atom stereocenters. The molecule has 0 spiro atoms. The second-order valence-corrected chi connectivity index (χ2v) is 6.66. The smallest absolute Gasteiger partial charge is 0.224 e. The summed E-state index contributed by atoms with van der Waals surface area (Å²) in [5.41, 5.74) is 0.946. The number of phenols is 1. The Hall–Kier alpha value is -1.03. The lowest BCUT2D eigenvalue weighted by molar-refractivity contribution is -0.119. The van der Waals surface area contributed by atoms with Crippen molar-refractivity contribution in [1.29, 1.82) is 0 Å². The third kappa shape index (κ3) is 4.47. The minimum absolute atomic E-state index is 0.0196. The number of hydrogen-bond acceptors (Lipinski definition) is 3. The summed E-state index contributed by atoms with van der Waals surface area (Å²) in [6, 6.07) is 10.4. The second-order valence-electron chi connectivity index (χ2n) is 4.33. The minimum atomic E-state index is -0.0196. The van der Waals surface area contributed by atoms with Gasteiger partial charge in [0.1, 0.15) is 11.5 Å². The first-order valence-electron chi connectivity index (χ1n) is 6.15. The SMILES string of the molecule is CNC(=O)Cc1cc(I)c(Oc2ccc(O)cc2)c(I)c1. The Morgan fingerprint density at radius 2 is 1.76 bits per heavy atom. The van der Waals surface area contributed by atoms with Gasteiger partial charge in [0.15, 0.2) is 5.75 Å². The Kier molecular flexibility index (Phi) is 5.68. The van der Waals surface area contributed by atoms with Gasteiger partial charge in [-0.3, -0.25) is 4.79 Å². The Balaban J connectivity index is 2.24. The Morgan fingerprint density at radius 3 is 2.29 bits per heavy atom. The van der Waals surface area contributed by atoms with Gasteiger partial charge in [0.25, 0.3) is 0 Å². The first kappa shape index (κ1) is 16.3. The van der Waals surface area contributed by atoms with Crippen LogP contribution >= 0.6 is 45.2 Å². The van der Waals surface area contributed by atoms with Crippen molar-refractivity contribution < 1.29 is 14.6 Å². The molecule has 2 N–H and O–H groups in total. The molecule has 0 aliphatic heterocycles. The molecule has 6 heteroatoms. The first-order chi connectivity index (χ1) is 9.99. The van der Waals surface area contributed by atoms with E-state index in [9.17, 15) is 9.90 Å². The van der Waals surface area contributed by atoms with E-state index in [4.69, 9.17) is 4.74 Å². The number of carbonyl (C=O) groups is 1. The van der Waals surface area contributed by atoms with Gasteiger partial charge in [-0.1, -0.05) is 0 Å². The highest BCUT2D eigenvalue weighted by Crippen LogP contribution is 2.33. The zero-order valence-corrected chi connectivity index (χ0v) is 15.5. The van der Waals surface area contributed by atoms with E-state index in [2.05, 4.69) is 50.5 Å². The van der Waals surface area contributed by atoms with Crippen molar-refractivity contribution in [3.63, 3.8) is 0 Å². The molecule has 2 rings (SSSR count). The lowest BCUT2D eigenvalue weighted by Crippen LogP contribution is -2.20. The van der Waals surface area contributed by atoms with Gasteiger partial charge in [-0.15, -0.1) is 0 Å². The van der Waals surface area contributed by atoms with E-state index in [1.165, 1.54) is 0 Å². The third-order valence-corrected chi connectivity index (χ3v) is 4.36. The second kappa shape index (κ2) is 7.30. The van der Waals surface area contributed by atoms with Crippen molar-refractivity contribution in [3.8, 4) is 17.2 Å². The summed E-state index contributed by atoms with van der Waals surface area (Å²) in [6.45, 7) is 0. The van der Waals surface area contributed by atoms with Crippen molar-refractivity contribution in [1.82, 2.24) is 5.32 Å². The zero-order valence-electron chi connectivity index (χ0n) is 11.2. The van der Waals surface area contributed by atoms with Crippen LogP contribution in [-0.2, 0) is 11.2 Å². The number of halogens is 2. The van der Waals surface area contributed by atoms with Gasteiger partial charge in [0, 0.05) is 7.05 Å². The molecule has 0 aliphatic rings. The molecule has 1 amide bonds. The average Bonchev–Trinajstić information content (AvgIpc) is 2.44. The maximum Gasteiger partial charge on any atom is 0.224 e. The van der Waals surface area contributed by atoms with Gasteiger partial charge in [0.2, 0.25) is 5.91 Å². The molecule has 0 heterocycles. The van der Waals surface area contributed by atoms with Crippen LogP contribution in [0.2, 0.25) is 0 Å². The summed E-state index contributed by atoms with van der Waals surface area (Å²) in [5, 5.41) is 11.9. The number of likely N-dealkylation sites (N-methyl/N-ethyl adjacent to an activating group) is 1. The van der Waals surface area contributed by atoms with E-state index < -0.39 is 0 Å². The summed E-state index contributed by atoms with van der Waals surface area (Å²) in [7, 11) is 1.63. The predicted octanol–water partition coefficient (Wildman–Crippen LogP) is 3.68. The average molecular weight is 509 g/mol. The largest absolute Gasteiger partial charge is 0.508 e. The fraction of sp³-hybridized carbons (Fsp3) is 0.133. The van der Waals surface area contributed by atoms with Crippen molar-refractivity contribution >= 4 is 51.1 Å². The summed E-state index contributed by atoms with van der Waals surface area (Å²) < 4.78 is 7.73. The molecule has 110 valence electrons. The van der Waals surface area contributed by atoms with Crippen LogP contribution in [0.5, 0.6) is 17.2 Å². The van der Waals surface area contributed by atoms with E-state index in [1.807, 2.05) is 12.1 Å². The van der Waals surface area contributed by atoms with E-state index in [-0.39, 0.29) is 11.7 Å². The third-order valence-electron chi connectivity index (χ3n) is 2.76. The topological polar surface area (TPSA) is 58.6 Å². The number of ether oxygens (including phenoxy) is 1.